The molecule has 0 radical (unpaired) electrons. The van der Waals surface area contributed by atoms with Crippen molar-refractivity contribution in [2.45, 2.75) is 11.5 Å². The third kappa shape index (κ3) is 3.74. The highest BCUT2D eigenvalue weighted by atomic mass is 35.5. The van der Waals surface area contributed by atoms with Crippen LogP contribution in [-0.2, 0) is 10.0 Å². The van der Waals surface area contributed by atoms with E-state index in [2.05, 4.69) is 19.7 Å². The Hall–Kier alpha value is -1.58. The number of rotatable bonds is 5. The molecule has 0 aliphatic heterocycles. The largest absolute Gasteiger partial charge is 0.432 e. The molecule has 2 aromatic rings. The van der Waals surface area contributed by atoms with E-state index in [9.17, 15) is 17.2 Å². The molecule has 0 bridgehead atoms. The third-order valence-electron chi connectivity index (χ3n) is 2.24. The number of aromatic amines is 1. The Morgan fingerprint density at radius 1 is 1.29 bits per heavy atom. The highest BCUT2D eigenvalue weighted by Gasteiger charge is 2.19. The second kappa shape index (κ2) is 6.04. The maximum Gasteiger partial charge on any atom is 0.387 e. The van der Waals surface area contributed by atoms with Gasteiger partial charge in [0.05, 0.1) is 21.9 Å². The molecule has 11 heteroatoms. The number of benzene rings is 1. The molecule has 0 aliphatic rings. The Morgan fingerprint density at radius 2 is 1.90 bits per heavy atom. The fraction of sp³-hybridized carbons (Fsp3) is 0.100. The number of anilines is 1. The monoisotopic (exact) mass is 357 g/mol. The van der Waals surface area contributed by atoms with Crippen LogP contribution in [0.3, 0.4) is 0 Å². The minimum Gasteiger partial charge on any atom is -0.432 e. The number of ether oxygens (including phenoxy) is 1. The normalized spacial score (nSPS) is 11.7. The van der Waals surface area contributed by atoms with E-state index in [4.69, 9.17) is 23.2 Å². The minimum absolute atomic E-state index is 0.00665. The van der Waals surface area contributed by atoms with Crippen LogP contribution in [0.4, 0.5) is 14.5 Å². The summed E-state index contributed by atoms with van der Waals surface area (Å²) in [5.41, 5.74) is -0.00665. The van der Waals surface area contributed by atoms with Crippen molar-refractivity contribution in [3.8, 4) is 5.75 Å². The zero-order valence-electron chi connectivity index (χ0n) is 9.98. The molecule has 1 aromatic heterocycles. The van der Waals surface area contributed by atoms with Crippen LogP contribution in [0, 0.1) is 0 Å². The Bertz CT molecular complexity index is 715. The number of H-pyrrole nitrogens is 1. The molecule has 1 aromatic carbocycles. The summed E-state index contributed by atoms with van der Waals surface area (Å²) in [6.07, 6.45) is 2.26. The molecule has 0 atom stereocenters. The molecule has 114 valence electrons. The van der Waals surface area contributed by atoms with Crippen molar-refractivity contribution in [2.75, 3.05) is 4.72 Å². The standard InChI is InChI=1S/C10H7Cl2F2N3O3S/c11-7-1-5(2-8(12)9(7)20-10(13)14)17-21(18,19)6-3-15-16-4-6/h1-4,10,17H,(H,15,16). The van der Waals surface area contributed by atoms with E-state index < -0.39 is 22.4 Å². The fourth-order valence-corrected chi connectivity index (χ4v) is 2.94. The number of halogens is 4. The zero-order valence-corrected chi connectivity index (χ0v) is 12.3. The summed E-state index contributed by atoms with van der Waals surface area (Å²) in [4.78, 5) is -0.109. The average Bonchev–Trinajstić information content (AvgIpc) is 2.87. The van der Waals surface area contributed by atoms with Crippen molar-refractivity contribution in [2.24, 2.45) is 0 Å². The Labute approximate surface area is 128 Å². The number of alkyl halides is 2. The summed E-state index contributed by atoms with van der Waals surface area (Å²) < 4.78 is 54.6. The summed E-state index contributed by atoms with van der Waals surface area (Å²) in [5, 5.41) is 5.35. The number of nitrogens with one attached hydrogen (secondary N) is 2. The van der Waals surface area contributed by atoms with Crippen molar-refractivity contribution < 1.29 is 21.9 Å². The van der Waals surface area contributed by atoms with Crippen LogP contribution in [0.15, 0.2) is 29.4 Å². The predicted molar refractivity (Wildman–Crippen MR) is 72.5 cm³/mol. The Kier molecular flexibility index (Phi) is 4.55. The van der Waals surface area contributed by atoms with E-state index in [0.29, 0.717) is 0 Å². The van der Waals surface area contributed by atoms with E-state index in [0.717, 1.165) is 18.3 Å². The molecule has 0 spiro atoms. The summed E-state index contributed by atoms with van der Waals surface area (Å²) in [6.45, 7) is -3.10. The first-order valence-corrected chi connectivity index (χ1v) is 7.49. The van der Waals surface area contributed by atoms with Crippen LogP contribution >= 0.6 is 23.2 Å². The molecule has 1 heterocycles. The molecule has 2 N–H and O–H groups in total. The third-order valence-corrected chi connectivity index (χ3v) is 4.15. The van der Waals surface area contributed by atoms with E-state index in [1.54, 1.807) is 0 Å². The van der Waals surface area contributed by atoms with Crippen LogP contribution < -0.4 is 9.46 Å². The highest BCUT2D eigenvalue weighted by Crippen LogP contribution is 2.37. The van der Waals surface area contributed by atoms with Crippen LogP contribution in [0.1, 0.15) is 0 Å². The van der Waals surface area contributed by atoms with E-state index in [-0.39, 0.29) is 20.6 Å². The van der Waals surface area contributed by atoms with Gasteiger partial charge in [0, 0.05) is 6.20 Å². The van der Waals surface area contributed by atoms with Crippen molar-refractivity contribution >= 4 is 38.9 Å². The summed E-state index contributed by atoms with van der Waals surface area (Å²) in [5.74, 6) is -0.431. The SMILES string of the molecule is O=S(=O)(Nc1cc(Cl)c(OC(F)F)c(Cl)c1)c1cn[nH]c1. The number of aromatic nitrogens is 2. The molecule has 0 aliphatic carbocycles. The fourth-order valence-electron chi connectivity index (χ4n) is 1.42. The van der Waals surface area contributed by atoms with E-state index >= 15 is 0 Å². The summed E-state index contributed by atoms with van der Waals surface area (Å²) in [6, 6.07) is 2.20. The maximum absolute atomic E-state index is 12.2. The van der Waals surface area contributed by atoms with Gasteiger partial charge in [0.15, 0.2) is 5.75 Å². The second-order valence-electron chi connectivity index (χ2n) is 3.69. The molecule has 21 heavy (non-hydrogen) atoms. The van der Waals surface area contributed by atoms with Gasteiger partial charge < -0.3 is 4.74 Å². The van der Waals surface area contributed by atoms with Crippen molar-refractivity contribution in [3.05, 3.63) is 34.6 Å². The molecule has 0 saturated heterocycles. The van der Waals surface area contributed by atoms with Crippen molar-refractivity contribution in [3.63, 3.8) is 0 Å². The molecule has 0 fully saturated rings. The minimum atomic E-state index is -3.89. The van der Waals surface area contributed by atoms with Gasteiger partial charge in [0.1, 0.15) is 4.90 Å². The first-order chi connectivity index (χ1) is 9.79. The van der Waals surface area contributed by atoms with Gasteiger partial charge in [0.25, 0.3) is 10.0 Å². The number of sulfonamides is 1. The smallest absolute Gasteiger partial charge is 0.387 e. The average molecular weight is 358 g/mol. The lowest BCUT2D eigenvalue weighted by Crippen LogP contribution is -2.12. The lowest BCUT2D eigenvalue weighted by molar-refractivity contribution is -0.0497. The van der Waals surface area contributed by atoms with Crippen molar-refractivity contribution in [1.82, 2.24) is 10.2 Å². The van der Waals surface area contributed by atoms with Gasteiger partial charge in [-0.1, -0.05) is 23.2 Å². The number of hydrogen-bond donors (Lipinski definition) is 2. The molecule has 0 saturated carbocycles. The number of nitrogens with zero attached hydrogens (tertiary/aromatic N) is 1. The van der Waals surface area contributed by atoms with Gasteiger partial charge in [-0.25, -0.2) is 8.42 Å². The first kappa shape index (κ1) is 15.8. The first-order valence-electron chi connectivity index (χ1n) is 5.25. The second-order valence-corrected chi connectivity index (χ2v) is 6.18. The lowest BCUT2D eigenvalue weighted by Gasteiger charge is -2.12. The van der Waals surface area contributed by atoms with Crippen molar-refractivity contribution in [1.29, 1.82) is 0 Å². The Morgan fingerprint density at radius 3 is 2.38 bits per heavy atom. The molecular formula is C10H7Cl2F2N3O3S. The van der Waals surface area contributed by atoms with E-state index in [1.165, 1.54) is 6.20 Å². The zero-order chi connectivity index (χ0) is 15.6. The summed E-state index contributed by atoms with van der Waals surface area (Å²) in [7, 11) is -3.89. The van der Waals surface area contributed by atoms with Gasteiger partial charge in [-0.2, -0.15) is 13.9 Å². The van der Waals surface area contributed by atoms with Crippen LogP contribution in [-0.4, -0.2) is 25.2 Å². The van der Waals surface area contributed by atoms with Gasteiger partial charge in [-0.3, -0.25) is 9.82 Å². The molecule has 2 rings (SSSR count). The highest BCUT2D eigenvalue weighted by molar-refractivity contribution is 7.92. The van der Waals surface area contributed by atoms with Gasteiger partial charge in [0.2, 0.25) is 0 Å². The topological polar surface area (TPSA) is 84.1 Å². The van der Waals surface area contributed by atoms with Gasteiger partial charge >= 0.3 is 6.61 Å². The molecule has 6 nitrogen and oxygen atoms in total. The van der Waals surface area contributed by atoms with Gasteiger partial charge in [-0.15, -0.1) is 0 Å². The van der Waals surface area contributed by atoms with E-state index in [1.807, 2.05) is 0 Å². The quantitative estimate of drug-likeness (QED) is 0.860. The molecule has 0 unspecified atom stereocenters. The Balaban J connectivity index is 2.31. The lowest BCUT2D eigenvalue weighted by atomic mass is 10.3. The van der Waals surface area contributed by atoms with Crippen LogP contribution in [0.2, 0.25) is 10.0 Å². The van der Waals surface area contributed by atoms with Crippen LogP contribution in [0.25, 0.3) is 0 Å². The predicted octanol–water partition coefficient (Wildman–Crippen LogP) is 3.12. The van der Waals surface area contributed by atoms with Gasteiger partial charge in [-0.05, 0) is 12.1 Å². The number of hydrogen-bond acceptors (Lipinski definition) is 4. The maximum atomic E-state index is 12.2. The molecule has 0 amide bonds. The summed E-state index contributed by atoms with van der Waals surface area (Å²) >= 11 is 11.5. The van der Waals surface area contributed by atoms with Crippen LogP contribution in [0.5, 0.6) is 5.75 Å². The molecular weight excluding hydrogens is 351 g/mol.